The molecule has 148 valence electrons. The third kappa shape index (κ3) is 5.31. The fourth-order valence-corrected chi connectivity index (χ4v) is 5.13. The van der Waals surface area contributed by atoms with Crippen LogP contribution in [0.15, 0.2) is 34.2 Å². The number of amidine groups is 1. The molecule has 1 heterocycles. The maximum Gasteiger partial charge on any atom is 0.263 e. The van der Waals surface area contributed by atoms with Gasteiger partial charge in [0.1, 0.15) is 5.84 Å². The molecule has 1 saturated carbocycles. The van der Waals surface area contributed by atoms with E-state index in [1.165, 1.54) is 12.8 Å². The molecule has 7 heteroatoms. The molecule has 0 bridgehead atoms. The number of benzene rings is 1. The Bertz CT molecular complexity index is 804. The summed E-state index contributed by atoms with van der Waals surface area (Å²) in [6.07, 6.45) is 7.80. The van der Waals surface area contributed by atoms with Crippen LogP contribution in [0.3, 0.4) is 0 Å². The van der Waals surface area contributed by atoms with Gasteiger partial charge in [-0.05, 0) is 43.7 Å². The van der Waals surface area contributed by atoms with Gasteiger partial charge in [0.2, 0.25) is 5.91 Å². The summed E-state index contributed by atoms with van der Waals surface area (Å²) >= 11 is 0. The van der Waals surface area contributed by atoms with E-state index in [1.807, 2.05) is 6.07 Å². The number of carbonyl (C=O) groups excluding carboxylic acids is 1. The van der Waals surface area contributed by atoms with Gasteiger partial charge in [0.25, 0.3) is 10.0 Å². The lowest BCUT2D eigenvalue weighted by Gasteiger charge is -2.27. The molecule has 1 aromatic rings. The van der Waals surface area contributed by atoms with E-state index < -0.39 is 10.0 Å². The highest BCUT2D eigenvalue weighted by molar-refractivity contribution is 7.90. The van der Waals surface area contributed by atoms with Crippen LogP contribution < -0.4 is 10.0 Å². The second-order valence-electron chi connectivity index (χ2n) is 7.68. The molecule has 2 atom stereocenters. The zero-order chi connectivity index (χ0) is 19.3. The van der Waals surface area contributed by atoms with Crippen molar-refractivity contribution in [3.05, 3.63) is 29.8 Å². The third-order valence-corrected chi connectivity index (χ3v) is 6.69. The molecule has 2 aliphatic rings. The van der Waals surface area contributed by atoms with E-state index in [9.17, 15) is 13.2 Å². The second-order valence-corrected chi connectivity index (χ2v) is 9.33. The van der Waals surface area contributed by atoms with Gasteiger partial charge in [-0.1, -0.05) is 38.3 Å². The zero-order valence-corrected chi connectivity index (χ0v) is 16.7. The number of rotatable bonds is 7. The van der Waals surface area contributed by atoms with Crippen LogP contribution in [0.5, 0.6) is 0 Å². The summed E-state index contributed by atoms with van der Waals surface area (Å²) in [4.78, 5) is 16.7. The van der Waals surface area contributed by atoms with E-state index in [-0.39, 0.29) is 10.8 Å². The van der Waals surface area contributed by atoms with Gasteiger partial charge in [-0.25, -0.2) is 8.42 Å². The third-order valence-electron chi connectivity index (χ3n) is 5.30. The van der Waals surface area contributed by atoms with Crippen molar-refractivity contribution in [2.24, 2.45) is 10.9 Å². The number of aliphatic imine (C=N–C) groups is 1. The Labute approximate surface area is 161 Å². The molecule has 1 fully saturated rings. The molecule has 0 aromatic heterocycles. The van der Waals surface area contributed by atoms with Crippen LogP contribution in [0.2, 0.25) is 0 Å². The standard InChI is InChI=1S/C20H29N3O3S/c1-15-8-7-9-16(14-15)22-19(24)12-3-2-6-13-21-20-17-10-4-5-11-18(17)27(25,26)23-20/h4-5,10-11,15-16H,2-3,6-9,12-14H2,1H3,(H,21,23)(H,22,24). The van der Waals surface area contributed by atoms with Gasteiger partial charge in [-0.15, -0.1) is 0 Å². The monoisotopic (exact) mass is 391 g/mol. The number of nitrogens with zero attached hydrogens (tertiary/aromatic N) is 1. The van der Waals surface area contributed by atoms with Gasteiger partial charge in [0, 0.05) is 24.6 Å². The van der Waals surface area contributed by atoms with Gasteiger partial charge < -0.3 is 5.32 Å². The van der Waals surface area contributed by atoms with Crippen molar-refractivity contribution in [2.45, 2.75) is 69.2 Å². The van der Waals surface area contributed by atoms with Gasteiger partial charge in [0.15, 0.2) is 0 Å². The van der Waals surface area contributed by atoms with Crippen molar-refractivity contribution < 1.29 is 13.2 Å². The second kappa shape index (κ2) is 8.87. The highest BCUT2D eigenvalue weighted by Gasteiger charge is 2.29. The van der Waals surface area contributed by atoms with Gasteiger partial charge in [-0.3, -0.25) is 14.5 Å². The average Bonchev–Trinajstić information content (AvgIpc) is 2.89. The molecular weight excluding hydrogens is 362 g/mol. The smallest absolute Gasteiger partial charge is 0.263 e. The van der Waals surface area contributed by atoms with Crippen LogP contribution in [-0.2, 0) is 14.8 Å². The number of hydrogen-bond acceptors (Lipinski definition) is 4. The lowest BCUT2D eigenvalue weighted by Crippen LogP contribution is -2.37. The van der Waals surface area contributed by atoms with E-state index in [1.54, 1.807) is 18.2 Å². The summed E-state index contributed by atoms with van der Waals surface area (Å²) in [6, 6.07) is 7.22. The molecule has 6 nitrogen and oxygen atoms in total. The average molecular weight is 392 g/mol. The number of unbranched alkanes of at least 4 members (excludes halogenated alkanes) is 2. The van der Waals surface area contributed by atoms with Gasteiger partial charge in [-0.2, -0.15) is 0 Å². The fourth-order valence-electron chi connectivity index (χ4n) is 3.88. The Morgan fingerprint density at radius 1 is 1.22 bits per heavy atom. The number of amides is 1. The molecule has 0 spiro atoms. The van der Waals surface area contributed by atoms with Crippen molar-refractivity contribution in [1.29, 1.82) is 0 Å². The van der Waals surface area contributed by atoms with E-state index in [4.69, 9.17) is 0 Å². The van der Waals surface area contributed by atoms with E-state index in [2.05, 4.69) is 22.0 Å². The summed E-state index contributed by atoms with van der Waals surface area (Å²) in [7, 11) is -3.47. The van der Waals surface area contributed by atoms with Crippen LogP contribution in [0.1, 0.15) is 63.9 Å². The van der Waals surface area contributed by atoms with Gasteiger partial charge in [0.05, 0.1) is 4.90 Å². The Hall–Kier alpha value is -1.89. The first-order valence-corrected chi connectivity index (χ1v) is 11.4. The first-order valence-electron chi connectivity index (χ1n) is 9.92. The Morgan fingerprint density at radius 2 is 2.04 bits per heavy atom. The number of hydrogen-bond donors (Lipinski definition) is 2. The largest absolute Gasteiger partial charge is 0.353 e. The lowest BCUT2D eigenvalue weighted by molar-refractivity contribution is -0.122. The fraction of sp³-hybridized carbons (Fsp3) is 0.600. The molecule has 1 amide bonds. The van der Waals surface area contributed by atoms with Crippen LogP contribution in [-0.4, -0.2) is 32.7 Å². The summed E-state index contributed by atoms with van der Waals surface area (Å²) in [6.45, 7) is 2.80. The maximum atomic E-state index is 12.1. The minimum atomic E-state index is -3.47. The van der Waals surface area contributed by atoms with Crippen LogP contribution in [0.4, 0.5) is 0 Å². The van der Waals surface area contributed by atoms with E-state index >= 15 is 0 Å². The first kappa shape index (κ1) is 19.9. The minimum Gasteiger partial charge on any atom is -0.353 e. The lowest BCUT2D eigenvalue weighted by atomic mass is 9.87. The van der Waals surface area contributed by atoms with Crippen LogP contribution in [0, 0.1) is 5.92 Å². The van der Waals surface area contributed by atoms with Crippen LogP contribution >= 0.6 is 0 Å². The van der Waals surface area contributed by atoms with Crippen molar-refractivity contribution >= 4 is 21.8 Å². The quantitative estimate of drug-likeness (QED) is 0.701. The first-order chi connectivity index (χ1) is 13.0. The molecule has 3 rings (SSSR count). The van der Waals surface area contributed by atoms with Crippen molar-refractivity contribution in [3.63, 3.8) is 0 Å². The molecule has 1 aliphatic carbocycles. The van der Waals surface area contributed by atoms with Gasteiger partial charge >= 0.3 is 0 Å². The van der Waals surface area contributed by atoms with Crippen molar-refractivity contribution in [2.75, 3.05) is 6.54 Å². The van der Waals surface area contributed by atoms with Crippen molar-refractivity contribution in [1.82, 2.24) is 10.0 Å². The topological polar surface area (TPSA) is 87.6 Å². The minimum absolute atomic E-state index is 0.151. The molecule has 0 saturated heterocycles. The predicted molar refractivity (Wildman–Crippen MR) is 106 cm³/mol. The van der Waals surface area contributed by atoms with E-state index in [0.29, 0.717) is 36.3 Å². The maximum absolute atomic E-state index is 12.1. The van der Waals surface area contributed by atoms with Crippen molar-refractivity contribution in [3.8, 4) is 0 Å². The number of sulfonamides is 1. The number of carbonyl (C=O) groups is 1. The normalized spacial score (nSPS) is 25.0. The molecule has 2 unspecified atom stereocenters. The predicted octanol–water partition coefficient (Wildman–Crippen LogP) is 2.98. The summed E-state index contributed by atoms with van der Waals surface area (Å²) < 4.78 is 26.6. The SMILES string of the molecule is CC1CCCC(NC(=O)CCCCCN=C2NS(=O)(=O)c3ccccc32)C1. The zero-order valence-electron chi connectivity index (χ0n) is 15.9. The Balaban J connectivity index is 1.36. The molecule has 27 heavy (non-hydrogen) atoms. The Morgan fingerprint density at radius 3 is 2.85 bits per heavy atom. The number of fused-ring (bicyclic) bond motifs is 1. The summed E-state index contributed by atoms with van der Waals surface area (Å²) in [5.74, 6) is 1.29. The van der Waals surface area contributed by atoms with E-state index in [0.717, 1.165) is 32.1 Å². The summed E-state index contributed by atoms with van der Waals surface area (Å²) in [5.41, 5.74) is 0.638. The molecule has 1 aromatic carbocycles. The van der Waals surface area contributed by atoms with Crippen LogP contribution in [0.25, 0.3) is 0 Å². The Kier molecular flexibility index (Phi) is 6.52. The molecule has 2 N–H and O–H groups in total. The molecule has 1 aliphatic heterocycles. The molecular formula is C20H29N3O3S. The highest BCUT2D eigenvalue weighted by atomic mass is 32.2. The highest BCUT2D eigenvalue weighted by Crippen LogP contribution is 2.24. The summed E-state index contributed by atoms with van der Waals surface area (Å²) in [5, 5.41) is 3.16. The number of nitrogens with one attached hydrogen (secondary N) is 2. The molecule has 0 radical (unpaired) electrons.